The molecule has 0 unspecified atom stereocenters. The van der Waals surface area contributed by atoms with Crippen LogP contribution in [0.25, 0.3) is 0 Å². The Morgan fingerprint density at radius 1 is 1.00 bits per heavy atom. The van der Waals surface area contributed by atoms with Gasteiger partial charge in [0.15, 0.2) is 17.2 Å². The summed E-state index contributed by atoms with van der Waals surface area (Å²) in [4.78, 5) is 36.9. The first kappa shape index (κ1) is 22.5. The lowest BCUT2D eigenvalue weighted by Gasteiger charge is -2.22. The standard InChI is InChI=1S/C28H26O5/c1-4-6-20-15-21(27(31)19-11-9-18(2)10-12-19)13-14-24(20)32-23-8-5-7-22(16-23)28(3)25(29)17-26(30)33-28/h5,7-16H,4,6,17H2,1-3H3/t28-/m1/s1. The Labute approximate surface area is 193 Å². The van der Waals surface area contributed by atoms with Crippen molar-refractivity contribution in [1.82, 2.24) is 0 Å². The summed E-state index contributed by atoms with van der Waals surface area (Å²) in [5, 5.41) is 0. The molecule has 0 amide bonds. The van der Waals surface area contributed by atoms with Gasteiger partial charge in [0.1, 0.15) is 17.9 Å². The van der Waals surface area contributed by atoms with Crippen LogP contribution < -0.4 is 4.74 Å². The lowest BCUT2D eigenvalue weighted by atomic mass is 9.91. The number of carbonyl (C=O) groups is 3. The number of ketones is 2. The van der Waals surface area contributed by atoms with E-state index < -0.39 is 11.6 Å². The average molecular weight is 443 g/mol. The number of rotatable bonds is 7. The molecule has 1 saturated heterocycles. The Morgan fingerprint density at radius 2 is 1.73 bits per heavy atom. The quantitative estimate of drug-likeness (QED) is 0.267. The molecule has 3 aromatic carbocycles. The summed E-state index contributed by atoms with van der Waals surface area (Å²) in [7, 11) is 0. The summed E-state index contributed by atoms with van der Waals surface area (Å²) < 4.78 is 11.5. The van der Waals surface area contributed by atoms with Gasteiger partial charge in [-0.2, -0.15) is 0 Å². The number of esters is 1. The zero-order valence-corrected chi connectivity index (χ0v) is 19.0. The fraction of sp³-hybridized carbons (Fsp3) is 0.250. The number of aryl methyl sites for hydroxylation is 2. The van der Waals surface area contributed by atoms with Crippen molar-refractivity contribution in [3.05, 3.63) is 94.5 Å². The van der Waals surface area contributed by atoms with E-state index in [0.717, 1.165) is 24.0 Å². The predicted molar refractivity (Wildman–Crippen MR) is 125 cm³/mol. The first-order valence-corrected chi connectivity index (χ1v) is 11.1. The van der Waals surface area contributed by atoms with E-state index in [1.807, 2.05) is 43.3 Å². The Bertz CT molecular complexity index is 1230. The number of hydrogen-bond donors (Lipinski definition) is 0. The first-order valence-electron chi connectivity index (χ1n) is 11.1. The van der Waals surface area contributed by atoms with Crippen molar-refractivity contribution in [3.63, 3.8) is 0 Å². The van der Waals surface area contributed by atoms with Crippen LogP contribution in [0.2, 0.25) is 0 Å². The SMILES string of the molecule is CCCc1cc(C(=O)c2ccc(C)cc2)ccc1Oc1cccc([C@@]2(C)OC(=O)CC2=O)c1. The van der Waals surface area contributed by atoms with Gasteiger partial charge in [-0.05, 0) is 56.2 Å². The number of cyclic esters (lactones) is 1. The largest absolute Gasteiger partial charge is 0.457 e. The molecule has 0 saturated carbocycles. The second-order valence-electron chi connectivity index (χ2n) is 8.50. The summed E-state index contributed by atoms with van der Waals surface area (Å²) in [5.74, 6) is 0.354. The fourth-order valence-corrected chi connectivity index (χ4v) is 3.98. The van der Waals surface area contributed by atoms with E-state index in [1.54, 1.807) is 37.3 Å². The molecule has 0 aromatic heterocycles. The highest BCUT2D eigenvalue weighted by atomic mass is 16.6. The minimum Gasteiger partial charge on any atom is -0.457 e. The third-order valence-corrected chi connectivity index (χ3v) is 5.92. The number of benzene rings is 3. The van der Waals surface area contributed by atoms with Gasteiger partial charge in [-0.15, -0.1) is 0 Å². The Morgan fingerprint density at radius 3 is 2.39 bits per heavy atom. The topological polar surface area (TPSA) is 69.7 Å². The molecule has 3 aromatic rings. The Balaban J connectivity index is 1.62. The first-order chi connectivity index (χ1) is 15.8. The molecule has 168 valence electrons. The van der Waals surface area contributed by atoms with Crippen LogP contribution in [0.15, 0.2) is 66.7 Å². The van der Waals surface area contributed by atoms with E-state index in [2.05, 4.69) is 6.92 Å². The number of hydrogen-bond acceptors (Lipinski definition) is 5. The molecule has 1 atom stereocenters. The van der Waals surface area contributed by atoms with Gasteiger partial charge in [0.25, 0.3) is 0 Å². The minimum absolute atomic E-state index is 0.0320. The van der Waals surface area contributed by atoms with E-state index in [-0.39, 0.29) is 18.0 Å². The van der Waals surface area contributed by atoms with Gasteiger partial charge in [0, 0.05) is 16.7 Å². The maximum Gasteiger partial charge on any atom is 0.314 e. The molecular weight excluding hydrogens is 416 g/mol. The molecule has 0 spiro atoms. The summed E-state index contributed by atoms with van der Waals surface area (Å²) in [5.41, 5.74) is 2.56. The van der Waals surface area contributed by atoms with E-state index in [1.165, 1.54) is 0 Å². The zero-order chi connectivity index (χ0) is 23.6. The van der Waals surface area contributed by atoms with E-state index >= 15 is 0 Å². The normalized spacial score (nSPS) is 17.7. The predicted octanol–water partition coefficient (Wildman–Crippen LogP) is 5.70. The lowest BCUT2D eigenvalue weighted by molar-refractivity contribution is -0.151. The summed E-state index contributed by atoms with van der Waals surface area (Å²) in [6.45, 7) is 5.66. The van der Waals surface area contributed by atoms with Crippen molar-refractivity contribution in [1.29, 1.82) is 0 Å². The molecule has 1 heterocycles. The molecule has 1 aliphatic heterocycles. The highest BCUT2D eigenvalue weighted by Gasteiger charge is 2.46. The van der Waals surface area contributed by atoms with E-state index in [0.29, 0.717) is 28.2 Å². The van der Waals surface area contributed by atoms with Crippen molar-refractivity contribution in [2.24, 2.45) is 0 Å². The highest BCUT2D eigenvalue weighted by molar-refractivity contribution is 6.09. The van der Waals surface area contributed by atoms with Crippen LogP contribution in [0.5, 0.6) is 11.5 Å². The molecule has 0 N–H and O–H groups in total. The van der Waals surface area contributed by atoms with Crippen LogP contribution in [-0.4, -0.2) is 17.5 Å². The summed E-state index contributed by atoms with van der Waals surface area (Å²) in [6, 6.07) is 20.0. The average Bonchev–Trinajstić information content (AvgIpc) is 3.07. The summed E-state index contributed by atoms with van der Waals surface area (Å²) >= 11 is 0. The molecule has 0 aliphatic carbocycles. The molecular formula is C28H26O5. The molecule has 1 fully saturated rings. The number of carbonyl (C=O) groups excluding carboxylic acids is 3. The smallest absolute Gasteiger partial charge is 0.314 e. The van der Waals surface area contributed by atoms with Gasteiger partial charge in [-0.25, -0.2) is 0 Å². The third kappa shape index (κ3) is 4.58. The van der Waals surface area contributed by atoms with Crippen LogP contribution in [0, 0.1) is 6.92 Å². The monoisotopic (exact) mass is 442 g/mol. The fourth-order valence-electron chi connectivity index (χ4n) is 3.98. The van der Waals surface area contributed by atoms with Gasteiger partial charge < -0.3 is 9.47 Å². The highest BCUT2D eigenvalue weighted by Crippen LogP contribution is 2.36. The second kappa shape index (κ2) is 9.02. The van der Waals surface area contributed by atoms with Crippen molar-refractivity contribution in [2.75, 3.05) is 0 Å². The molecule has 5 nitrogen and oxygen atoms in total. The van der Waals surface area contributed by atoms with Crippen LogP contribution in [0.4, 0.5) is 0 Å². The molecule has 5 heteroatoms. The maximum absolute atomic E-state index is 13.0. The van der Waals surface area contributed by atoms with Crippen LogP contribution in [-0.2, 0) is 26.3 Å². The van der Waals surface area contributed by atoms with Crippen molar-refractivity contribution in [3.8, 4) is 11.5 Å². The lowest BCUT2D eigenvalue weighted by Crippen LogP contribution is -2.28. The van der Waals surface area contributed by atoms with Gasteiger partial charge in [-0.3, -0.25) is 14.4 Å². The number of Topliss-reactive ketones (excluding diaryl/α,β-unsaturated/α-hetero) is 1. The molecule has 0 radical (unpaired) electrons. The van der Waals surface area contributed by atoms with Crippen LogP contribution >= 0.6 is 0 Å². The van der Waals surface area contributed by atoms with Gasteiger partial charge in [-0.1, -0.05) is 55.3 Å². The summed E-state index contributed by atoms with van der Waals surface area (Å²) in [6.07, 6.45) is 1.41. The number of ether oxygens (including phenoxy) is 2. The van der Waals surface area contributed by atoms with Gasteiger partial charge in [0.2, 0.25) is 0 Å². The maximum atomic E-state index is 13.0. The zero-order valence-electron chi connectivity index (χ0n) is 19.0. The van der Waals surface area contributed by atoms with Crippen LogP contribution in [0.3, 0.4) is 0 Å². The van der Waals surface area contributed by atoms with E-state index in [9.17, 15) is 14.4 Å². The van der Waals surface area contributed by atoms with Crippen molar-refractivity contribution in [2.45, 2.75) is 45.6 Å². The van der Waals surface area contributed by atoms with Gasteiger partial charge >= 0.3 is 5.97 Å². The van der Waals surface area contributed by atoms with Crippen molar-refractivity contribution < 1.29 is 23.9 Å². The Kier molecular flexibility index (Phi) is 6.14. The second-order valence-corrected chi connectivity index (χ2v) is 8.50. The molecule has 0 bridgehead atoms. The minimum atomic E-state index is -1.30. The Hall–Kier alpha value is -3.73. The molecule has 33 heavy (non-hydrogen) atoms. The molecule has 4 rings (SSSR count). The van der Waals surface area contributed by atoms with Gasteiger partial charge in [0.05, 0.1) is 0 Å². The van der Waals surface area contributed by atoms with E-state index in [4.69, 9.17) is 9.47 Å². The third-order valence-electron chi connectivity index (χ3n) is 5.92. The molecule has 1 aliphatic rings. The van der Waals surface area contributed by atoms with Crippen LogP contribution in [0.1, 0.15) is 59.3 Å². The van der Waals surface area contributed by atoms with Crippen molar-refractivity contribution >= 4 is 17.5 Å².